The van der Waals surface area contributed by atoms with Gasteiger partial charge >= 0.3 is 0 Å². The third-order valence-electron chi connectivity index (χ3n) is 2.96. The molecular weight excluding hydrogens is 288 g/mol. The van der Waals surface area contributed by atoms with Gasteiger partial charge in [-0.3, -0.25) is 4.79 Å². The maximum absolute atomic E-state index is 11.9. The molecule has 1 saturated heterocycles. The lowest BCUT2D eigenvalue weighted by atomic mass is 10.1. The Hall–Kier alpha value is -1.11. The molecule has 5 nitrogen and oxygen atoms in total. The van der Waals surface area contributed by atoms with Crippen LogP contribution in [0.4, 0.5) is 5.69 Å². The number of carbonyl (C=O) groups is 1. The molecule has 1 heterocycles. The smallest absolute Gasteiger partial charge is 0.228 e. The lowest BCUT2D eigenvalue weighted by Crippen LogP contribution is -2.24. The molecule has 1 amide bonds. The summed E-state index contributed by atoms with van der Waals surface area (Å²) in [5.41, 5.74) is 0.523. The van der Waals surface area contributed by atoms with Crippen molar-refractivity contribution in [2.75, 3.05) is 24.7 Å². The summed E-state index contributed by atoms with van der Waals surface area (Å²) in [6, 6.07) is 6.31. The van der Waals surface area contributed by atoms with E-state index in [2.05, 4.69) is 10.6 Å². The van der Waals surface area contributed by atoms with E-state index in [1.54, 1.807) is 12.1 Å². The molecule has 1 aromatic rings. The zero-order chi connectivity index (χ0) is 13.2. The number of rotatable bonds is 3. The van der Waals surface area contributed by atoms with E-state index in [1.165, 1.54) is 12.1 Å². The van der Waals surface area contributed by atoms with Gasteiger partial charge in [0.05, 0.1) is 10.8 Å². The van der Waals surface area contributed by atoms with Crippen LogP contribution >= 0.6 is 12.4 Å². The van der Waals surface area contributed by atoms with Crippen molar-refractivity contribution < 1.29 is 13.2 Å². The van der Waals surface area contributed by atoms with Crippen LogP contribution in [0.25, 0.3) is 0 Å². The van der Waals surface area contributed by atoms with E-state index >= 15 is 0 Å². The summed E-state index contributed by atoms with van der Waals surface area (Å²) in [7, 11) is -3.24. The number of benzene rings is 1. The predicted octanol–water partition coefficient (Wildman–Crippen LogP) is 1.06. The van der Waals surface area contributed by atoms with Gasteiger partial charge < -0.3 is 10.6 Å². The van der Waals surface area contributed by atoms with Gasteiger partial charge in [0, 0.05) is 18.5 Å². The quantitative estimate of drug-likeness (QED) is 0.875. The molecule has 0 aliphatic carbocycles. The van der Waals surface area contributed by atoms with Crippen LogP contribution in [0.5, 0.6) is 0 Å². The van der Waals surface area contributed by atoms with Gasteiger partial charge in [0.25, 0.3) is 0 Å². The van der Waals surface area contributed by atoms with Crippen molar-refractivity contribution in [3.05, 3.63) is 24.3 Å². The Kier molecular flexibility index (Phi) is 5.34. The van der Waals surface area contributed by atoms with Gasteiger partial charge in [-0.25, -0.2) is 8.42 Å². The molecule has 7 heteroatoms. The summed E-state index contributed by atoms with van der Waals surface area (Å²) in [6.07, 6.45) is 1.96. The SMILES string of the molecule is CS(=O)(=O)c1cccc(NC(=O)C2CCNC2)c1.Cl. The molecule has 1 fully saturated rings. The minimum absolute atomic E-state index is 0. The van der Waals surface area contributed by atoms with E-state index in [9.17, 15) is 13.2 Å². The van der Waals surface area contributed by atoms with Crippen molar-refractivity contribution in [2.45, 2.75) is 11.3 Å². The molecule has 1 atom stereocenters. The minimum Gasteiger partial charge on any atom is -0.326 e. The summed E-state index contributed by atoms with van der Waals surface area (Å²) in [6.45, 7) is 1.53. The molecule has 0 saturated carbocycles. The van der Waals surface area contributed by atoms with Crippen molar-refractivity contribution >= 4 is 33.8 Å². The Morgan fingerprint density at radius 2 is 2.16 bits per heavy atom. The fraction of sp³-hybridized carbons (Fsp3) is 0.417. The van der Waals surface area contributed by atoms with Crippen LogP contribution in [-0.2, 0) is 14.6 Å². The van der Waals surface area contributed by atoms with Crippen LogP contribution in [0.3, 0.4) is 0 Å². The van der Waals surface area contributed by atoms with Crippen LogP contribution in [0.15, 0.2) is 29.2 Å². The largest absolute Gasteiger partial charge is 0.326 e. The first-order chi connectivity index (χ1) is 8.47. The molecule has 1 unspecified atom stereocenters. The molecule has 2 rings (SSSR count). The van der Waals surface area contributed by atoms with Crippen molar-refractivity contribution in [3.63, 3.8) is 0 Å². The monoisotopic (exact) mass is 304 g/mol. The van der Waals surface area contributed by atoms with E-state index in [0.717, 1.165) is 19.2 Å². The standard InChI is InChI=1S/C12H16N2O3S.ClH/c1-18(16,17)11-4-2-3-10(7-11)14-12(15)9-5-6-13-8-9;/h2-4,7,9,13H,5-6,8H2,1H3,(H,14,15);1H. The highest BCUT2D eigenvalue weighted by atomic mass is 35.5. The first kappa shape index (κ1) is 15.9. The summed E-state index contributed by atoms with van der Waals surface area (Å²) in [5, 5.41) is 5.87. The fourth-order valence-corrected chi connectivity index (χ4v) is 2.59. The second-order valence-electron chi connectivity index (χ2n) is 4.48. The average molecular weight is 305 g/mol. The van der Waals surface area contributed by atoms with E-state index < -0.39 is 9.84 Å². The highest BCUT2D eigenvalue weighted by Crippen LogP contribution is 2.17. The van der Waals surface area contributed by atoms with Gasteiger partial charge in [0.15, 0.2) is 9.84 Å². The van der Waals surface area contributed by atoms with Crippen LogP contribution < -0.4 is 10.6 Å². The normalized spacial score (nSPS) is 18.7. The van der Waals surface area contributed by atoms with Crippen LogP contribution in [0.1, 0.15) is 6.42 Å². The van der Waals surface area contributed by atoms with E-state index in [-0.39, 0.29) is 29.1 Å². The third-order valence-corrected chi connectivity index (χ3v) is 4.07. The number of hydrogen-bond acceptors (Lipinski definition) is 4. The number of hydrogen-bond donors (Lipinski definition) is 2. The Bertz CT molecular complexity index is 554. The molecule has 1 aliphatic rings. The highest BCUT2D eigenvalue weighted by Gasteiger charge is 2.22. The summed E-state index contributed by atoms with van der Waals surface area (Å²) < 4.78 is 22.8. The van der Waals surface area contributed by atoms with E-state index in [1.807, 2.05) is 0 Å². The molecule has 0 radical (unpaired) electrons. The molecule has 106 valence electrons. The summed E-state index contributed by atoms with van der Waals surface area (Å²) in [5.74, 6) is -0.0995. The molecule has 0 bridgehead atoms. The van der Waals surface area contributed by atoms with Crippen LogP contribution in [-0.4, -0.2) is 33.7 Å². The summed E-state index contributed by atoms with van der Waals surface area (Å²) >= 11 is 0. The predicted molar refractivity (Wildman–Crippen MR) is 76.4 cm³/mol. The van der Waals surface area contributed by atoms with Gasteiger partial charge in [-0.2, -0.15) is 0 Å². The zero-order valence-corrected chi connectivity index (χ0v) is 12.2. The van der Waals surface area contributed by atoms with Gasteiger partial charge in [0.1, 0.15) is 0 Å². The topological polar surface area (TPSA) is 75.3 Å². The van der Waals surface area contributed by atoms with Gasteiger partial charge in [-0.15, -0.1) is 12.4 Å². The zero-order valence-electron chi connectivity index (χ0n) is 10.5. The van der Waals surface area contributed by atoms with E-state index in [4.69, 9.17) is 0 Å². The molecule has 19 heavy (non-hydrogen) atoms. The molecular formula is C12H17ClN2O3S. The first-order valence-electron chi connectivity index (χ1n) is 5.78. The first-order valence-corrected chi connectivity index (χ1v) is 7.67. The minimum atomic E-state index is -3.24. The molecule has 0 aromatic heterocycles. The number of anilines is 1. The Balaban J connectivity index is 0.00000180. The van der Waals surface area contributed by atoms with Crippen molar-refractivity contribution in [3.8, 4) is 0 Å². The van der Waals surface area contributed by atoms with Gasteiger partial charge in [0.2, 0.25) is 5.91 Å². The maximum Gasteiger partial charge on any atom is 0.228 e. The van der Waals surface area contributed by atoms with Crippen molar-refractivity contribution in [1.29, 1.82) is 0 Å². The second kappa shape index (κ2) is 6.36. The lowest BCUT2D eigenvalue weighted by Gasteiger charge is -2.10. The van der Waals surface area contributed by atoms with Crippen molar-refractivity contribution in [2.24, 2.45) is 5.92 Å². The van der Waals surface area contributed by atoms with Crippen LogP contribution in [0.2, 0.25) is 0 Å². The average Bonchev–Trinajstić information content (AvgIpc) is 2.81. The molecule has 0 spiro atoms. The molecule has 1 aromatic carbocycles. The van der Waals surface area contributed by atoms with E-state index in [0.29, 0.717) is 12.2 Å². The number of sulfone groups is 1. The number of amides is 1. The number of nitrogens with one attached hydrogen (secondary N) is 2. The van der Waals surface area contributed by atoms with Crippen molar-refractivity contribution in [1.82, 2.24) is 5.32 Å². The third kappa shape index (κ3) is 4.19. The second-order valence-corrected chi connectivity index (χ2v) is 6.49. The number of halogens is 1. The van der Waals surface area contributed by atoms with Crippen LogP contribution in [0, 0.1) is 5.92 Å². The maximum atomic E-state index is 11.9. The molecule has 1 aliphatic heterocycles. The highest BCUT2D eigenvalue weighted by molar-refractivity contribution is 7.90. The molecule has 2 N–H and O–H groups in total. The van der Waals surface area contributed by atoms with Gasteiger partial charge in [-0.05, 0) is 31.2 Å². The lowest BCUT2D eigenvalue weighted by molar-refractivity contribution is -0.119. The fourth-order valence-electron chi connectivity index (χ4n) is 1.93. The summed E-state index contributed by atoms with van der Waals surface area (Å²) in [4.78, 5) is 12.1. The Morgan fingerprint density at radius 1 is 1.42 bits per heavy atom. The Morgan fingerprint density at radius 3 is 2.74 bits per heavy atom. The number of carbonyl (C=O) groups excluding carboxylic acids is 1. The van der Waals surface area contributed by atoms with Gasteiger partial charge in [-0.1, -0.05) is 6.07 Å². The Labute approximate surface area is 119 Å².